The monoisotopic (exact) mass is 223 g/mol. The van der Waals surface area contributed by atoms with Gasteiger partial charge in [0, 0.05) is 12.7 Å². The highest BCUT2D eigenvalue weighted by Gasteiger charge is 2.13. The summed E-state index contributed by atoms with van der Waals surface area (Å²) in [4.78, 5) is 11.1. The molecule has 1 aromatic carbocycles. The lowest BCUT2D eigenvalue weighted by molar-refractivity contribution is -0.145. The number of esters is 1. The van der Waals surface area contributed by atoms with Crippen LogP contribution in [0.15, 0.2) is 24.3 Å². The molecule has 4 nitrogen and oxygen atoms in total. The van der Waals surface area contributed by atoms with Gasteiger partial charge in [-0.2, -0.15) is 0 Å². The molecule has 0 aliphatic rings. The van der Waals surface area contributed by atoms with Crippen LogP contribution in [0.1, 0.15) is 6.92 Å². The van der Waals surface area contributed by atoms with Gasteiger partial charge in [0.15, 0.2) is 0 Å². The number of methoxy groups -OCH3 is 1. The third kappa shape index (κ3) is 3.46. The minimum absolute atomic E-state index is 0.256. The molecule has 1 unspecified atom stereocenters. The zero-order chi connectivity index (χ0) is 12.0. The molecule has 88 valence electrons. The largest absolute Gasteiger partial charge is 0.493 e. The van der Waals surface area contributed by atoms with Gasteiger partial charge >= 0.3 is 5.97 Å². The SMILES string of the molecule is CNc1ccc(OCC(C)C(=O)OC)cc1. The Bertz CT molecular complexity index is 335. The van der Waals surface area contributed by atoms with Crippen LogP contribution in [0.4, 0.5) is 5.69 Å². The predicted molar refractivity (Wildman–Crippen MR) is 62.7 cm³/mol. The van der Waals surface area contributed by atoms with Crippen LogP contribution in [-0.2, 0) is 9.53 Å². The molecule has 1 aromatic rings. The summed E-state index contributed by atoms with van der Waals surface area (Å²) in [6.45, 7) is 2.10. The van der Waals surface area contributed by atoms with Crippen molar-refractivity contribution in [3.63, 3.8) is 0 Å². The van der Waals surface area contributed by atoms with Crippen LogP contribution < -0.4 is 10.1 Å². The van der Waals surface area contributed by atoms with Crippen molar-refractivity contribution in [3.05, 3.63) is 24.3 Å². The molecule has 16 heavy (non-hydrogen) atoms. The van der Waals surface area contributed by atoms with Gasteiger partial charge in [0.25, 0.3) is 0 Å². The molecular weight excluding hydrogens is 206 g/mol. The normalized spacial score (nSPS) is 11.7. The second kappa shape index (κ2) is 6.00. The Balaban J connectivity index is 2.45. The highest BCUT2D eigenvalue weighted by atomic mass is 16.5. The maximum atomic E-state index is 11.1. The van der Waals surface area contributed by atoms with Gasteiger partial charge in [-0.05, 0) is 31.2 Å². The quantitative estimate of drug-likeness (QED) is 0.775. The summed E-state index contributed by atoms with van der Waals surface area (Å²) in [6.07, 6.45) is 0. The van der Waals surface area contributed by atoms with Gasteiger partial charge in [0.2, 0.25) is 0 Å². The fourth-order valence-electron chi connectivity index (χ4n) is 1.21. The Morgan fingerprint density at radius 2 is 2.00 bits per heavy atom. The molecule has 0 aliphatic heterocycles. The van der Waals surface area contributed by atoms with Crippen molar-refractivity contribution in [2.24, 2.45) is 5.92 Å². The summed E-state index contributed by atoms with van der Waals surface area (Å²) in [5.41, 5.74) is 1.02. The van der Waals surface area contributed by atoms with E-state index in [0.717, 1.165) is 11.4 Å². The zero-order valence-electron chi connectivity index (χ0n) is 9.82. The second-order valence-electron chi connectivity index (χ2n) is 3.51. The van der Waals surface area contributed by atoms with E-state index < -0.39 is 0 Å². The van der Waals surface area contributed by atoms with E-state index in [9.17, 15) is 4.79 Å². The third-order valence-corrected chi connectivity index (χ3v) is 2.25. The highest BCUT2D eigenvalue weighted by Crippen LogP contribution is 2.15. The molecule has 0 bridgehead atoms. The first kappa shape index (κ1) is 12.4. The first-order chi connectivity index (χ1) is 7.67. The number of rotatable bonds is 5. The van der Waals surface area contributed by atoms with Gasteiger partial charge in [-0.3, -0.25) is 4.79 Å². The molecule has 1 N–H and O–H groups in total. The Kier molecular flexibility index (Phi) is 4.64. The van der Waals surface area contributed by atoms with E-state index >= 15 is 0 Å². The summed E-state index contributed by atoms with van der Waals surface area (Å²) < 4.78 is 10.1. The molecule has 0 amide bonds. The van der Waals surface area contributed by atoms with Crippen LogP contribution in [-0.4, -0.2) is 26.7 Å². The van der Waals surface area contributed by atoms with Gasteiger partial charge in [-0.25, -0.2) is 0 Å². The topological polar surface area (TPSA) is 47.6 Å². The van der Waals surface area contributed by atoms with Gasteiger partial charge in [0.05, 0.1) is 13.0 Å². The van der Waals surface area contributed by atoms with E-state index in [2.05, 4.69) is 10.1 Å². The molecule has 0 aromatic heterocycles. The molecule has 0 spiro atoms. The van der Waals surface area contributed by atoms with E-state index in [0.29, 0.717) is 6.61 Å². The summed E-state index contributed by atoms with van der Waals surface area (Å²) in [5, 5.41) is 3.02. The average molecular weight is 223 g/mol. The first-order valence-corrected chi connectivity index (χ1v) is 5.15. The van der Waals surface area contributed by atoms with Gasteiger partial charge < -0.3 is 14.8 Å². The lowest BCUT2D eigenvalue weighted by Crippen LogP contribution is -2.19. The Morgan fingerprint density at radius 3 is 2.50 bits per heavy atom. The van der Waals surface area contributed by atoms with E-state index in [1.165, 1.54) is 7.11 Å². The summed E-state index contributed by atoms with van der Waals surface area (Å²) in [5.74, 6) is 0.232. The van der Waals surface area contributed by atoms with Crippen LogP contribution in [0.3, 0.4) is 0 Å². The molecule has 1 rings (SSSR count). The van der Waals surface area contributed by atoms with Crippen molar-refractivity contribution in [3.8, 4) is 5.75 Å². The molecular formula is C12H17NO3. The summed E-state index contributed by atoms with van der Waals surface area (Å²) in [7, 11) is 3.23. The van der Waals surface area contributed by atoms with Crippen LogP contribution in [0.25, 0.3) is 0 Å². The average Bonchev–Trinajstić information content (AvgIpc) is 2.35. The second-order valence-corrected chi connectivity index (χ2v) is 3.51. The molecule has 1 atom stereocenters. The molecule has 0 saturated heterocycles. The van der Waals surface area contributed by atoms with Crippen molar-refractivity contribution in [2.45, 2.75) is 6.92 Å². The number of carbonyl (C=O) groups excluding carboxylic acids is 1. The van der Waals surface area contributed by atoms with Gasteiger partial charge in [-0.15, -0.1) is 0 Å². The van der Waals surface area contributed by atoms with Crippen molar-refractivity contribution in [1.29, 1.82) is 0 Å². The fourth-order valence-corrected chi connectivity index (χ4v) is 1.21. The van der Waals surface area contributed by atoms with E-state index in [1.54, 1.807) is 6.92 Å². The number of carbonyl (C=O) groups is 1. The molecule has 0 fully saturated rings. The van der Waals surface area contributed by atoms with E-state index in [4.69, 9.17) is 4.74 Å². The van der Waals surface area contributed by atoms with Crippen molar-refractivity contribution in [1.82, 2.24) is 0 Å². The first-order valence-electron chi connectivity index (χ1n) is 5.15. The van der Waals surface area contributed by atoms with Crippen molar-refractivity contribution < 1.29 is 14.3 Å². The van der Waals surface area contributed by atoms with Gasteiger partial charge in [-0.1, -0.05) is 0 Å². The standard InChI is InChI=1S/C12H17NO3/c1-9(12(14)15-3)8-16-11-6-4-10(13-2)5-7-11/h4-7,9,13H,8H2,1-3H3. The van der Waals surface area contributed by atoms with Gasteiger partial charge in [0.1, 0.15) is 12.4 Å². The predicted octanol–water partition coefficient (Wildman–Crippen LogP) is 1.92. The highest BCUT2D eigenvalue weighted by molar-refractivity contribution is 5.71. The third-order valence-electron chi connectivity index (χ3n) is 2.25. The number of nitrogens with one attached hydrogen (secondary N) is 1. The zero-order valence-corrected chi connectivity index (χ0v) is 9.82. The molecule has 0 saturated carbocycles. The fraction of sp³-hybridized carbons (Fsp3) is 0.417. The van der Waals surface area contributed by atoms with Crippen LogP contribution in [0, 0.1) is 5.92 Å². The summed E-state index contributed by atoms with van der Waals surface area (Å²) >= 11 is 0. The number of anilines is 1. The lowest BCUT2D eigenvalue weighted by atomic mass is 10.2. The molecule has 4 heteroatoms. The molecule has 0 radical (unpaired) electrons. The number of hydrogen-bond donors (Lipinski definition) is 1. The number of ether oxygens (including phenoxy) is 2. The Morgan fingerprint density at radius 1 is 1.38 bits per heavy atom. The van der Waals surface area contributed by atoms with Crippen molar-refractivity contribution in [2.75, 3.05) is 26.1 Å². The van der Waals surface area contributed by atoms with E-state index in [-0.39, 0.29) is 11.9 Å². The molecule has 0 heterocycles. The van der Waals surface area contributed by atoms with Crippen LogP contribution in [0.2, 0.25) is 0 Å². The smallest absolute Gasteiger partial charge is 0.311 e. The number of benzene rings is 1. The Labute approximate surface area is 95.6 Å². The molecule has 0 aliphatic carbocycles. The maximum absolute atomic E-state index is 11.1. The van der Waals surface area contributed by atoms with E-state index in [1.807, 2.05) is 31.3 Å². The minimum atomic E-state index is -0.258. The van der Waals surface area contributed by atoms with Crippen LogP contribution >= 0.6 is 0 Å². The van der Waals surface area contributed by atoms with Crippen molar-refractivity contribution >= 4 is 11.7 Å². The summed E-state index contributed by atoms with van der Waals surface area (Å²) in [6, 6.07) is 7.54. The minimum Gasteiger partial charge on any atom is -0.493 e. The number of hydrogen-bond acceptors (Lipinski definition) is 4. The van der Waals surface area contributed by atoms with Crippen LogP contribution in [0.5, 0.6) is 5.75 Å². The Hall–Kier alpha value is -1.71. The maximum Gasteiger partial charge on any atom is 0.311 e. The lowest BCUT2D eigenvalue weighted by Gasteiger charge is -2.11.